The van der Waals surface area contributed by atoms with Crippen molar-refractivity contribution in [2.75, 3.05) is 30.8 Å². The van der Waals surface area contributed by atoms with Gasteiger partial charge in [-0.25, -0.2) is 9.48 Å². The van der Waals surface area contributed by atoms with E-state index in [0.29, 0.717) is 43.2 Å². The summed E-state index contributed by atoms with van der Waals surface area (Å²) in [7, 11) is 1.54. The lowest BCUT2D eigenvalue weighted by Crippen LogP contribution is -2.43. The van der Waals surface area contributed by atoms with E-state index in [1.807, 2.05) is 12.1 Å². The number of benzene rings is 1. The number of nitrogens with zero attached hydrogens (tertiary/aromatic N) is 3. The van der Waals surface area contributed by atoms with Crippen molar-refractivity contribution in [3.63, 3.8) is 0 Å². The van der Waals surface area contributed by atoms with Gasteiger partial charge in [-0.2, -0.15) is 5.10 Å². The Labute approximate surface area is 163 Å². The molecule has 9 heteroatoms. The van der Waals surface area contributed by atoms with Crippen LogP contribution < -0.4 is 15.4 Å². The summed E-state index contributed by atoms with van der Waals surface area (Å²) in [5, 5.41) is 19.4. The second-order valence-corrected chi connectivity index (χ2v) is 6.67. The number of ether oxygens (including phenoxy) is 1. The van der Waals surface area contributed by atoms with Gasteiger partial charge in [-0.15, -0.1) is 0 Å². The number of aliphatic hydroxyl groups excluding tert-OH is 1. The zero-order valence-corrected chi connectivity index (χ0v) is 16.0. The topological polar surface area (TPSA) is 109 Å². The lowest BCUT2D eigenvalue weighted by Gasteiger charge is -2.33. The second-order valence-electron chi connectivity index (χ2n) is 6.67. The van der Waals surface area contributed by atoms with Crippen molar-refractivity contribution in [2.24, 2.45) is 0 Å². The highest BCUT2D eigenvalue weighted by Gasteiger charge is 2.27. The summed E-state index contributed by atoms with van der Waals surface area (Å²) in [6, 6.07) is 8.56. The summed E-state index contributed by atoms with van der Waals surface area (Å²) in [5.74, 6) is 0.891. The Bertz CT molecular complexity index is 827. The van der Waals surface area contributed by atoms with Gasteiger partial charge in [-0.05, 0) is 31.9 Å². The Morgan fingerprint density at radius 1 is 1.21 bits per heavy atom. The van der Waals surface area contributed by atoms with E-state index in [1.165, 1.54) is 6.92 Å². The average Bonchev–Trinajstić information content (AvgIpc) is 3.15. The quantitative estimate of drug-likeness (QED) is 0.728. The lowest BCUT2D eigenvalue weighted by molar-refractivity contribution is -0.140. The summed E-state index contributed by atoms with van der Waals surface area (Å²) in [4.78, 5) is 26.0. The monoisotopic (exact) mass is 387 g/mol. The van der Waals surface area contributed by atoms with E-state index in [1.54, 1.807) is 41.1 Å². The molecule has 1 atom stereocenters. The van der Waals surface area contributed by atoms with Gasteiger partial charge in [-0.1, -0.05) is 12.1 Å². The summed E-state index contributed by atoms with van der Waals surface area (Å²) >= 11 is 0. The fourth-order valence-corrected chi connectivity index (χ4v) is 3.32. The maximum Gasteiger partial charge on any atom is 0.324 e. The van der Waals surface area contributed by atoms with Crippen LogP contribution in [0.2, 0.25) is 0 Å². The van der Waals surface area contributed by atoms with Crippen LogP contribution in [0.3, 0.4) is 0 Å². The number of hydrogen-bond acceptors (Lipinski definition) is 5. The Morgan fingerprint density at radius 2 is 1.93 bits per heavy atom. The molecule has 1 saturated heterocycles. The first kappa shape index (κ1) is 19.7. The first-order chi connectivity index (χ1) is 13.5. The Morgan fingerprint density at radius 3 is 2.61 bits per heavy atom. The third kappa shape index (κ3) is 4.42. The van der Waals surface area contributed by atoms with Crippen molar-refractivity contribution >= 4 is 23.4 Å². The third-order valence-electron chi connectivity index (χ3n) is 4.75. The largest absolute Gasteiger partial charge is 0.495 e. The maximum absolute atomic E-state index is 12.4. The first-order valence-electron chi connectivity index (χ1n) is 9.21. The van der Waals surface area contributed by atoms with Crippen molar-refractivity contribution in [3.05, 3.63) is 36.5 Å². The van der Waals surface area contributed by atoms with Gasteiger partial charge in [0.2, 0.25) is 0 Å². The molecule has 1 aliphatic heterocycles. The molecule has 28 heavy (non-hydrogen) atoms. The molecule has 2 heterocycles. The van der Waals surface area contributed by atoms with Gasteiger partial charge in [0.05, 0.1) is 25.0 Å². The smallest absolute Gasteiger partial charge is 0.324 e. The Balaban J connectivity index is 1.61. The van der Waals surface area contributed by atoms with E-state index in [0.717, 1.165) is 0 Å². The van der Waals surface area contributed by atoms with E-state index in [4.69, 9.17) is 4.74 Å². The van der Waals surface area contributed by atoms with Crippen molar-refractivity contribution in [1.82, 2.24) is 14.7 Å². The molecule has 0 bridgehead atoms. The molecule has 3 rings (SSSR count). The molecule has 0 spiro atoms. The average molecular weight is 387 g/mol. The zero-order chi connectivity index (χ0) is 20.1. The molecule has 150 valence electrons. The highest BCUT2D eigenvalue weighted by atomic mass is 16.5. The number of aliphatic hydroxyl groups is 1. The van der Waals surface area contributed by atoms with Crippen LogP contribution in [0.5, 0.6) is 5.75 Å². The van der Waals surface area contributed by atoms with Crippen LogP contribution in [0.25, 0.3) is 0 Å². The molecule has 3 amide bonds. The number of carbonyl (C=O) groups excluding carboxylic acids is 2. The van der Waals surface area contributed by atoms with Crippen LogP contribution in [0, 0.1) is 0 Å². The molecule has 1 fully saturated rings. The standard InChI is InChI=1S/C19H25N5O4/c1-13(25)18(26)23-11-8-14(9-12-23)24-17(7-10-20-24)22-19(27)21-15-5-3-4-6-16(15)28-2/h3-7,10,13-14,25H,8-9,11-12H2,1-2H3,(H2,21,22,27). The predicted molar refractivity (Wildman–Crippen MR) is 104 cm³/mol. The Kier molecular flexibility index (Phi) is 6.15. The van der Waals surface area contributed by atoms with Gasteiger partial charge in [0.1, 0.15) is 17.7 Å². The first-order valence-corrected chi connectivity index (χ1v) is 9.21. The normalized spacial score (nSPS) is 15.8. The molecule has 1 aromatic heterocycles. The summed E-state index contributed by atoms with van der Waals surface area (Å²) in [5.41, 5.74) is 0.568. The number of hydrogen-bond donors (Lipinski definition) is 3. The molecule has 0 radical (unpaired) electrons. The number of nitrogens with one attached hydrogen (secondary N) is 2. The van der Waals surface area contributed by atoms with Gasteiger partial charge >= 0.3 is 6.03 Å². The summed E-state index contributed by atoms with van der Waals surface area (Å²) in [6.45, 7) is 2.56. The summed E-state index contributed by atoms with van der Waals surface area (Å²) < 4.78 is 7.01. The zero-order valence-electron chi connectivity index (χ0n) is 16.0. The number of anilines is 2. The van der Waals surface area contributed by atoms with Crippen LogP contribution in [0.1, 0.15) is 25.8 Å². The minimum Gasteiger partial charge on any atom is -0.495 e. The number of carbonyl (C=O) groups is 2. The second kappa shape index (κ2) is 8.75. The van der Waals surface area contributed by atoms with E-state index in [9.17, 15) is 14.7 Å². The van der Waals surface area contributed by atoms with Crippen LogP contribution >= 0.6 is 0 Å². The molecule has 0 aliphatic carbocycles. The highest BCUT2D eigenvalue weighted by Crippen LogP contribution is 2.26. The fourth-order valence-electron chi connectivity index (χ4n) is 3.32. The number of methoxy groups -OCH3 is 1. The van der Waals surface area contributed by atoms with Crippen LogP contribution in [0.4, 0.5) is 16.3 Å². The van der Waals surface area contributed by atoms with Gasteiger partial charge in [0, 0.05) is 19.2 Å². The molecular formula is C19H25N5O4. The predicted octanol–water partition coefficient (Wildman–Crippen LogP) is 2.08. The van der Waals surface area contributed by atoms with Crippen LogP contribution in [-0.4, -0.2) is 58.0 Å². The number of rotatable bonds is 5. The third-order valence-corrected chi connectivity index (χ3v) is 4.75. The molecule has 1 aromatic carbocycles. The van der Waals surface area contributed by atoms with E-state index in [2.05, 4.69) is 15.7 Å². The molecule has 1 unspecified atom stereocenters. The van der Waals surface area contributed by atoms with E-state index in [-0.39, 0.29) is 11.9 Å². The number of amides is 3. The fraction of sp³-hybridized carbons (Fsp3) is 0.421. The summed E-state index contributed by atoms with van der Waals surface area (Å²) in [6.07, 6.45) is 2.04. The minimum absolute atomic E-state index is 0.0645. The SMILES string of the molecule is COc1ccccc1NC(=O)Nc1ccnn1C1CCN(C(=O)C(C)O)CC1. The van der Waals surface area contributed by atoms with Crippen molar-refractivity contribution < 1.29 is 19.4 Å². The van der Waals surface area contributed by atoms with Crippen LogP contribution in [0.15, 0.2) is 36.5 Å². The number of urea groups is 1. The van der Waals surface area contributed by atoms with Crippen LogP contribution in [-0.2, 0) is 4.79 Å². The maximum atomic E-state index is 12.4. The molecular weight excluding hydrogens is 362 g/mol. The van der Waals surface area contributed by atoms with Crippen molar-refractivity contribution in [1.29, 1.82) is 0 Å². The van der Waals surface area contributed by atoms with Gasteiger partial charge in [0.15, 0.2) is 0 Å². The van der Waals surface area contributed by atoms with Crippen molar-refractivity contribution in [3.8, 4) is 5.75 Å². The highest BCUT2D eigenvalue weighted by molar-refractivity contribution is 6.00. The van der Waals surface area contributed by atoms with Crippen molar-refractivity contribution in [2.45, 2.75) is 31.9 Å². The molecule has 2 aromatic rings. The van der Waals surface area contributed by atoms with Gasteiger partial charge in [0.25, 0.3) is 5.91 Å². The van der Waals surface area contributed by atoms with Gasteiger partial charge in [-0.3, -0.25) is 10.1 Å². The minimum atomic E-state index is -0.989. The van der Waals surface area contributed by atoms with Gasteiger partial charge < -0.3 is 20.1 Å². The number of para-hydroxylation sites is 2. The number of aromatic nitrogens is 2. The molecule has 1 aliphatic rings. The molecule has 0 saturated carbocycles. The lowest BCUT2D eigenvalue weighted by atomic mass is 10.0. The van der Waals surface area contributed by atoms with E-state index >= 15 is 0 Å². The van der Waals surface area contributed by atoms with E-state index < -0.39 is 12.1 Å². The Hall–Kier alpha value is -3.07. The molecule has 9 nitrogen and oxygen atoms in total. The number of likely N-dealkylation sites (tertiary alicyclic amines) is 1. The number of piperidine rings is 1. The molecule has 3 N–H and O–H groups in total.